The number of benzene rings is 1. The highest BCUT2D eigenvalue weighted by atomic mass is 16.5. The van der Waals surface area contributed by atoms with Gasteiger partial charge < -0.3 is 9.47 Å². The van der Waals surface area contributed by atoms with Gasteiger partial charge in [-0.05, 0) is 30.5 Å². The average Bonchev–Trinajstić information content (AvgIpc) is 2.71. The SMILES string of the molecule is CCOC(=O)Cc1ccc2c(c1)CC(CC)O2. The zero-order chi connectivity index (χ0) is 12.3. The maximum atomic E-state index is 11.4. The van der Waals surface area contributed by atoms with Gasteiger partial charge in [-0.3, -0.25) is 4.79 Å². The lowest BCUT2D eigenvalue weighted by Crippen LogP contribution is -2.10. The normalized spacial score (nSPS) is 17.4. The predicted octanol–water partition coefficient (Wildman–Crippen LogP) is 2.51. The topological polar surface area (TPSA) is 35.5 Å². The molecule has 1 aromatic rings. The molecule has 0 amide bonds. The zero-order valence-electron chi connectivity index (χ0n) is 10.4. The van der Waals surface area contributed by atoms with Gasteiger partial charge >= 0.3 is 5.97 Å². The Morgan fingerprint density at radius 3 is 3.00 bits per heavy atom. The van der Waals surface area contributed by atoms with Gasteiger partial charge in [-0.15, -0.1) is 0 Å². The molecule has 0 bridgehead atoms. The number of hydrogen-bond donors (Lipinski definition) is 0. The summed E-state index contributed by atoms with van der Waals surface area (Å²) in [5.41, 5.74) is 2.21. The van der Waals surface area contributed by atoms with Gasteiger partial charge in [0, 0.05) is 6.42 Å². The summed E-state index contributed by atoms with van der Waals surface area (Å²) in [4.78, 5) is 11.4. The van der Waals surface area contributed by atoms with E-state index in [0.29, 0.717) is 19.1 Å². The maximum absolute atomic E-state index is 11.4. The van der Waals surface area contributed by atoms with Crippen molar-refractivity contribution in [3.63, 3.8) is 0 Å². The van der Waals surface area contributed by atoms with Crippen molar-refractivity contribution in [2.75, 3.05) is 6.61 Å². The van der Waals surface area contributed by atoms with Crippen LogP contribution < -0.4 is 4.74 Å². The number of fused-ring (bicyclic) bond motifs is 1. The summed E-state index contributed by atoms with van der Waals surface area (Å²) in [5.74, 6) is 0.794. The van der Waals surface area contributed by atoms with Crippen molar-refractivity contribution in [2.45, 2.75) is 39.2 Å². The first kappa shape index (κ1) is 12.0. The second-order valence-corrected chi connectivity index (χ2v) is 4.28. The van der Waals surface area contributed by atoms with Crippen molar-refractivity contribution < 1.29 is 14.3 Å². The number of carbonyl (C=O) groups excluding carboxylic acids is 1. The molecule has 0 spiro atoms. The van der Waals surface area contributed by atoms with Crippen LogP contribution in [0.1, 0.15) is 31.4 Å². The Morgan fingerprint density at radius 1 is 1.47 bits per heavy atom. The quantitative estimate of drug-likeness (QED) is 0.751. The van der Waals surface area contributed by atoms with E-state index in [1.807, 2.05) is 19.1 Å². The monoisotopic (exact) mass is 234 g/mol. The van der Waals surface area contributed by atoms with Crippen LogP contribution in [0.15, 0.2) is 18.2 Å². The van der Waals surface area contributed by atoms with E-state index in [2.05, 4.69) is 13.0 Å². The lowest BCUT2D eigenvalue weighted by Gasteiger charge is -2.06. The van der Waals surface area contributed by atoms with Gasteiger partial charge in [0.1, 0.15) is 11.9 Å². The van der Waals surface area contributed by atoms with Crippen molar-refractivity contribution in [3.8, 4) is 5.75 Å². The number of ether oxygens (including phenoxy) is 2. The van der Waals surface area contributed by atoms with E-state index >= 15 is 0 Å². The van der Waals surface area contributed by atoms with E-state index in [1.165, 1.54) is 5.56 Å². The molecule has 1 heterocycles. The molecule has 17 heavy (non-hydrogen) atoms. The fourth-order valence-corrected chi connectivity index (χ4v) is 2.09. The molecule has 0 fully saturated rings. The minimum atomic E-state index is -0.168. The van der Waals surface area contributed by atoms with Gasteiger partial charge in [-0.2, -0.15) is 0 Å². The first-order valence-electron chi connectivity index (χ1n) is 6.17. The third-order valence-corrected chi connectivity index (χ3v) is 2.98. The summed E-state index contributed by atoms with van der Waals surface area (Å²) < 4.78 is 10.7. The number of carbonyl (C=O) groups is 1. The molecule has 3 heteroatoms. The molecule has 1 atom stereocenters. The first-order valence-corrected chi connectivity index (χ1v) is 6.17. The van der Waals surface area contributed by atoms with E-state index in [-0.39, 0.29) is 5.97 Å². The molecule has 0 radical (unpaired) electrons. The largest absolute Gasteiger partial charge is 0.490 e. The van der Waals surface area contributed by atoms with Crippen molar-refractivity contribution in [1.82, 2.24) is 0 Å². The molecule has 1 aliphatic rings. The van der Waals surface area contributed by atoms with Gasteiger partial charge in [-0.25, -0.2) is 0 Å². The second-order valence-electron chi connectivity index (χ2n) is 4.28. The summed E-state index contributed by atoms with van der Waals surface area (Å²) >= 11 is 0. The highest BCUT2D eigenvalue weighted by molar-refractivity contribution is 5.72. The molecule has 0 aromatic heterocycles. The predicted molar refractivity (Wildman–Crippen MR) is 65.2 cm³/mol. The lowest BCUT2D eigenvalue weighted by atomic mass is 10.0. The molecule has 0 saturated heterocycles. The second kappa shape index (κ2) is 5.21. The first-order chi connectivity index (χ1) is 8.22. The fraction of sp³-hybridized carbons (Fsp3) is 0.500. The molecule has 1 aromatic carbocycles. The van der Waals surface area contributed by atoms with Gasteiger partial charge in [0.05, 0.1) is 13.0 Å². The Balaban J connectivity index is 2.05. The van der Waals surface area contributed by atoms with Gasteiger partial charge in [0.15, 0.2) is 0 Å². The van der Waals surface area contributed by atoms with E-state index in [4.69, 9.17) is 9.47 Å². The Labute approximate surface area is 102 Å². The highest BCUT2D eigenvalue weighted by Gasteiger charge is 2.21. The summed E-state index contributed by atoms with van der Waals surface area (Å²) in [7, 11) is 0. The van der Waals surface area contributed by atoms with Crippen molar-refractivity contribution in [1.29, 1.82) is 0 Å². The van der Waals surface area contributed by atoms with Gasteiger partial charge in [0.2, 0.25) is 0 Å². The van der Waals surface area contributed by atoms with Crippen LogP contribution in [0.5, 0.6) is 5.75 Å². The van der Waals surface area contributed by atoms with E-state index in [0.717, 1.165) is 24.2 Å². The Hall–Kier alpha value is -1.51. The molecule has 0 aliphatic carbocycles. The van der Waals surface area contributed by atoms with Crippen LogP contribution in [0.25, 0.3) is 0 Å². The maximum Gasteiger partial charge on any atom is 0.310 e. The van der Waals surface area contributed by atoms with Crippen molar-refractivity contribution >= 4 is 5.97 Å². The molecule has 0 saturated carbocycles. The summed E-state index contributed by atoms with van der Waals surface area (Å²) in [6, 6.07) is 5.95. The summed E-state index contributed by atoms with van der Waals surface area (Å²) in [5, 5.41) is 0. The van der Waals surface area contributed by atoms with Gasteiger partial charge in [-0.1, -0.05) is 19.1 Å². The average molecular weight is 234 g/mol. The molecular weight excluding hydrogens is 216 g/mol. The molecule has 0 N–H and O–H groups in total. The minimum absolute atomic E-state index is 0.168. The Kier molecular flexibility index (Phi) is 3.67. The molecule has 92 valence electrons. The molecule has 1 unspecified atom stereocenters. The van der Waals surface area contributed by atoms with Crippen molar-refractivity contribution in [2.24, 2.45) is 0 Å². The number of hydrogen-bond acceptors (Lipinski definition) is 3. The van der Waals surface area contributed by atoms with Crippen LogP contribution >= 0.6 is 0 Å². The molecule has 2 rings (SSSR count). The number of rotatable bonds is 4. The summed E-state index contributed by atoms with van der Waals surface area (Å²) in [6.45, 7) is 4.38. The third-order valence-electron chi connectivity index (χ3n) is 2.98. The van der Waals surface area contributed by atoms with E-state index in [1.54, 1.807) is 0 Å². The minimum Gasteiger partial charge on any atom is -0.490 e. The number of esters is 1. The lowest BCUT2D eigenvalue weighted by molar-refractivity contribution is -0.142. The van der Waals surface area contributed by atoms with Crippen LogP contribution in [-0.2, 0) is 22.4 Å². The molecular formula is C14H18O3. The zero-order valence-corrected chi connectivity index (χ0v) is 10.4. The van der Waals surface area contributed by atoms with Crippen LogP contribution in [0.3, 0.4) is 0 Å². The Bertz CT molecular complexity index is 412. The van der Waals surface area contributed by atoms with Crippen LogP contribution in [0, 0.1) is 0 Å². The fourth-order valence-electron chi connectivity index (χ4n) is 2.09. The molecule has 1 aliphatic heterocycles. The highest BCUT2D eigenvalue weighted by Crippen LogP contribution is 2.30. The van der Waals surface area contributed by atoms with Gasteiger partial charge in [0.25, 0.3) is 0 Å². The molecule has 3 nitrogen and oxygen atoms in total. The van der Waals surface area contributed by atoms with E-state index in [9.17, 15) is 4.79 Å². The van der Waals surface area contributed by atoms with Crippen LogP contribution in [0.4, 0.5) is 0 Å². The Morgan fingerprint density at radius 2 is 2.29 bits per heavy atom. The summed E-state index contributed by atoms with van der Waals surface area (Å²) in [6.07, 6.45) is 2.60. The standard InChI is InChI=1S/C14H18O3/c1-3-12-9-11-7-10(5-6-13(11)17-12)8-14(15)16-4-2/h5-7,12H,3-4,8-9H2,1-2H3. The van der Waals surface area contributed by atoms with Crippen molar-refractivity contribution in [3.05, 3.63) is 29.3 Å². The third kappa shape index (κ3) is 2.78. The van der Waals surface area contributed by atoms with E-state index < -0.39 is 0 Å². The smallest absolute Gasteiger partial charge is 0.310 e. The van der Waals surface area contributed by atoms with Crippen LogP contribution in [-0.4, -0.2) is 18.7 Å². The van der Waals surface area contributed by atoms with Crippen LogP contribution in [0.2, 0.25) is 0 Å².